The number of hydrogen-bond donors (Lipinski definition) is 1. The SMILES string of the molecule is CN1[C@H]2CC[C@@H]1[C@@H](C(=O)OCCc1ccc(N)c(I)c1)[C@@H](c1ccc(Cl)cc1)C2. The largest absolute Gasteiger partial charge is 0.465 e. The van der Waals surface area contributed by atoms with Gasteiger partial charge in [0.2, 0.25) is 0 Å². The third-order valence-electron chi connectivity index (χ3n) is 6.54. The predicted octanol–water partition coefficient (Wildman–Crippen LogP) is 4.88. The number of piperidine rings is 1. The summed E-state index contributed by atoms with van der Waals surface area (Å²) in [5, 5.41) is 0.724. The zero-order valence-corrected chi connectivity index (χ0v) is 19.4. The van der Waals surface area contributed by atoms with Crippen molar-refractivity contribution in [3.05, 3.63) is 62.2 Å². The van der Waals surface area contributed by atoms with E-state index in [2.05, 4.69) is 52.7 Å². The van der Waals surface area contributed by atoms with Crippen LogP contribution in [0.4, 0.5) is 5.69 Å². The number of ether oxygens (including phenoxy) is 1. The highest BCUT2D eigenvalue weighted by atomic mass is 127. The molecule has 0 spiro atoms. The van der Waals surface area contributed by atoms with Gasteiger partial charge in [-0.05, 0) is 84.3 Å². The number of fused-ring (bicyclic) bond motifs is 2. The van der Waals surface area contributed by atoms with Crippen LogP contribution in [0, 0.1) is 9.49 Å². The summed E-state index contributed by atoms with van der Waals surface area (Å²) in [7, 11) is 2.15. The van der Waals surface area contributed by atoms with Gasteiger partial charge >= 0.3 is 5.97 Å². The van der Waals surface area contributed by atoms with Gasteiger partial charge in [-0.25, -0.2) is 0 Å². The van der Waals surface area contributed by atoms with Crippen molar-refractivity contribution in [2.75, 3.05) is 19.4 Å². The first-order valence-corrected chi connectivity index (χ1v) is 11.6. The van der Waals surface area contributed by atoms with Crippen LogP contribution in [0.15, 0.2) is 42.5 Å². The summed E-state index contributed by atoms with van der Waals surface area (Å²) in [6, 6.07) is 14.7. The van der Waals surface area contributed by atoms with E-state index in [1.807, 2.05) is 24.3 Å². The first-order valence-electron chi connectivity index (χ1n) is 10.1. The Morgan fingerprint density at radius 2 is 2.00 bits per heavy atom. The molecule has 6 heteroatoms. The number of nitrogen functional groups attached to an aromatic ring is 1. The number of rotatable bonds is 5. The first-order chi connectivity index (χ1) is 13.9. The molecule has 4 nitrogen and oxygen atoms in total. The van der Waals surface area contributed by atoms with Crippen molar-refractivity contribution in [2.45, 2.75) is 43.7 Å². The summed E-state index contributed by atoms with van der Waals surface area (Å²) in [6.07, 6.45) is 3.90. The fourth-order valence-electron chi connectivity index (χ4n) is 4.93. The van der Waals surface area contributed by atoms with Crippen molar-refractivity contribution in [1.82, 2.24) is 4.90 Å². The highest BCUT2D eigenvalue weighted by Crippen LogP contribution is 2.46. The van der Waals surface area contributed by atoms with Gasteiger partial charge in [-0.3, -0.25) is 9.69 Å². The number of esters is 1. The molecule has 4 atom stereocenters. The van der Waals surface area contributed by atoms with Crippen LogP contribution in [-0.4, -0.2) is 36.6 Å². The summed E-state index contributed by atoms with van der Waals surface area (Å²) in [5.41, 5.74) is 8.98. The number of hydrogen-bond acceptors (Lipinski definition) is 4. The number of carbonyl (C=O) groups excluding carboxylic acids is 1. The molecule has 0 aliphatic carbocycles. The standard InChI is InChI=1S/C23H26ClIN2O2/c1-27-17-7-9-21(27)22(18(13-17)15-3-5-16(24)6-4-15)23(28)29-11-10-14-2-8-20(26)19(25)12-14/h2-6,8,12,17-18,21-22H,7,9-11,13,26H2,1H3/t17-,18+,21+,22-/m0/s1. The van der Waals surface area contributed by atoms with Crippen molar-refractivity contribution in [3.8, 4) is 0 Å². The Labute approximate surface area is 190 Å². The van der Waals surface area contributed by atoms with E-state index in [9.17, 15) is 4.79 Å². The maximum atomic E-state index is 13.2. The summed E-state index contributed by atoms with van der Waals surface area (Å²) in [6.45, 7) is 0.391. The monoisotopic (exact) mass is 524 g/mol. The molecule has 0 unspecified atom stereocenters. The minimum Gasteiger partial charge on any atom is -0.465 e. The van der Waals surface area contributed by atoms with Crippen molar-refractivity contribution in [2.24, 2.45) is 5.92 Å². The van der Waals surface area contributed by atoms with E-state index >= 15 is 0 Å². The zero-order valence-electron chi connectivity index (χ0n) is 16.5. The van der Waals surface area contributed by atoms with Gasteiger partial charge in [-0.2, -0.15) is 0 Å². The molecule has 2 aromatic carbocycles. The minimum atomic E-state index is -0.133. The van der Waals surface area contributed by atoms with Gasteiger partial charge in [0.15, 0.2) is 0 Å². The molecule has 2 N–H and O–H groups in total. The second-order valence-corrected chi connectivity index (χ2v) is 9.76. The molecule has 0 radical (unpaired) electrons. The maximum Gasteiger partial charge on any atom is 0.311 e. The first kappa shape index (κ1) is 20.9. The van der Waals surface area contributed by atoms with Gasteiger partial charge in [-0.1, -0.05) is 29.8 Å². The Hall–Kier alpha value is -1.31. The third kappa shape index (κ3) is 4.42. The normalized spacial score (nSPS) is 26.4. The quantitative estimate of drug-likeness (QED) is 0.344. The molecule has 154 valence electrons. The zero-order chi connectivity index (χ0) is 20.5. The Bertz CT molecular complexity index is 889. The molecule has 0 amide bonds. The third-order valence-corrected chi connectivity index (χ3v) is 7.73. The second kappa shape index (κ2) is 8.82. The fraction of sp³-hybridized carbons (Fsp3) is 0.435. The van der Waals surface area contributed by atoms with Crippen LogP contribution in [0.3, 0.4) is 0 Å². The van der Waals surface area contributed by atoms with Crippen LogP contribution in [-0.2, 0) is 16.0 Å². The molecule has 2 heterocycles. The minimum absolute atomic E-state index is 0.0766. The Morgan fingerprint density at radius 3 is 2.72 bits per heavy atom. The molecule has 4 rings (SSSR count). The lowest BCUT2D eigenvalue weighted by Crippen LogP contribution is -2.49. The van der Waals surface area contributed by atoms with Crippen LogP contribution in [0.25, 0.3) is 0 Å². The lowest BCUT2D eigenvalue weighted by atomic mass is 9.76. The Kier molecular flexibility index (Phi) is 6.37. The average Bonchev–Trinajstić information content (AvgIpc) is 2.93. The summed E-state index contributed by atoms with van der Waals surface area (Å²) < 4.78 is 6.83. The lowest BCUT2D eigenvalue weighted by Gasteiger charge is -2.42. The Balaban J connectivity index is 1.47. The molecule has 2 aliphatic heterocycles. The number of carbonyl (C=O) groups is 1. The topological polar surface area (TPSA) is 55.6 Å². The van der Waals surface area contributed by atoms with Gasteiger partial charge < -0.3 is 10.5 Å². The van der Waals surface area contributed by atoms with Gasteiger partial charge in [-0.15, -0.1) is 0 Å². The van der Waals surface area contributed by atoms with Crippen LogP contribution < -0.4 is 5.73 Å². The van der Waals surface area contributed by atoms with Crippen LogP contribution in [0.1, 0.15) is 36.3 Å². The average molecular weight is 525 g/mol. The highest BCUT2D eigenvalue weighted by molar-refractivity contribution is 14.1. The second-order valence-electron chi connectivity index (χ2n) is 8.16. The van der Waals surface area contributed by atoms with Gasteiger partial charge in [0.05, 0.1) is 12.5 Å². The van der Waals surface area contributed by atoms with E-state index in [-0.39, 0.29) is 23.8 Å². The lowest BCUT2D eigenvalue weighted by molar-refractivity contribution is -0.153. The van der Waals surface area contributed by atoms with E-state index in [0.717, 1.165) is 39.1 Å². The highest BCUT2D eigenvalue weighted by Gasteiger charge is 2.49. The smallest absolute Gasteiger partial charge is 0.311 e. The van der Waals surface area contributed by atoms with E-state index in [1.165, 1.54) is 5.56 Å². The van der Waals surface area contributed by atoms with Crippen molar-refractivity contribution in [3.63, 3.8) is 0 Å². The van der Waals surface area contributed by atoms with Gasteiger partial charge in [0.25, 0.3) is 0 Å². The fourth-order valence-corrected chi connectivity index (χ4v) is 5.64. The number of halogens is 2. The van der Waals surface area contributed by atoms with Crippen LogP contribution >= 0.6 is 34.2 Å². The Morgan fingerprint density at radius 1 is 1.24 bits per heavy atom. The van der Waals surface area contributed by atoms with Crippen molar-refractivity contribution < 1.29 is 9.53 Å². The molecular weight excluding hydrogens is 499 g/mol. The molecule has 0 saturated carbocycles. The summed E-state index contributed by atoms with van der Waals surface area (Å²) in [5.74, 6) is -0.0234. The molecule has 2 fully saturated rings. The number of anilines is 1. The summed E-state index contributed by atoms with van der Waals surface area (Å²) in [4.78, 5) is 15.6. The molecule has 0 aromatic heterocycles. The van der Waals surface area contributed by atoms with E-state index in [4.69, 9.17) is 22.1 Å². The maximum absolute atomic E-state index is 13.2. The molecule has 2 aliphatic rings. The van der Waals surface area contributed by atoms with Crippen molar-refractivity contribution in [1.29, 1.82) is 0 Å². The van der Waals surface area contributed by atoms with E-state index < -0.39 is 0 Å². The number of benzene rings is 2. The van der Waals surface area contributed by atoms with Crippen LogP contribution in [0.2, 0.25) is 5.02 Å². The molecule has 2 saturated heterocycles. The van der Waals surface area contributed by atoms with Gasteiger partial charge in [0.1, 0.15) is 0 Å². The molecular formula is C23H26ClIN2O2. The number of nitrogens with zero attached hydrogens (tertiary/aromatic N) is 1. The van der Waals surface area contributed by atoms with E-state index in [1.54, 1.807) is 0 Å². The molecule has 2 bridgehead atoms. The number of nitrogens with two attached hydrogens (primary N) is 1. The molecule has 2 aromatic rings. The molecule has 29 heavy (non-hydrogen) atoms. The summed E-state index contributed by atoms with van der Waals surface area (Å²) >= 11 is 8.31. The van der Waals surface area contributed by atoms with E-state index in [0.29, 0.717) is 19.1 Å². The van der Waals surface area contributed by atoms with Gasteiger partial charge in [0, 0.05) is 38.7 Å². The predicted molar refractivity (Wildman–Crippen MR) is 125 cm³/mol. The van der Waals surface area contributed by atoms with Crippen LogP contribution in [0.5, 0.6) is 0 Å². The van der Waals surface area contributed by atoms with Crippen molar-refractivity contribution >= 4 is 45.8 Å².